The van der Waals surface area contributed by atoms with Crippen LogP contribution in [0.3, 0.4) is 0 Å². The van der Waals surface area contributed by atoms with Crippen LogP contribution in [0.2, 0.25) is 0 Å². The van der Waals surface area contributed by atoms with Crippen molar-refractivity contribution in [1.29, 1.82) is 0 Å². The Balaban J connectivity index is 2.79. The summed E-state index contributed by atoms with van der Waals surface area (Å²) < 4.78 is 27.7. The second-order valence-corrected chi connectivity index (χ2v) is 8.38. The molecule has 0 bridgehead atoms. The largest absolute Gasteiger partial charge is 0.241 e. The van der Waals surface area contributed by atoms with Crippen molar-refractivity contribution in [3.63, 3.8) is 0 Å². The summed E-state index contributed by atoms with van der Waals surface area (Å²) in [7, 11) is -3.35. The van der Waals surface area contributed by atoms with Crippen LogP contribution < -0.4 is 4.72 Å². The quantitative estimate of drug-likeness (QED) is 0.861. The topological polar surface area (TPSA) is 46.2 Å². The van der Waals surface area contributed by atoms with Crippen LogP contribution in [0.25, 0.3) is 0 Å². The minimum atomic E-state index is -3.35. The molecule has 1 aromatic rings. The van der Waals surface area contributed by atoms with Crippen molar-refractivity contribution < 1.29 is 8.42 Å². The van der Waals surface area contributed by atoms with Gasteiger partial charge in [-0.3, -0.25) is 0 Å². The zero-order valence-electron chi connectivity index (χ0n) is 10.3. The van der Waals surface area contributed by atoms with Gasteiger partial charge in [0, 0.05) is 11.4 Å². The zero-order chi connectivity index (χ0) is 13.1. The Bertz CT molecular complexity index is 464. The van der Waals surface area contributed by atoms with Crippen LogP contribution in [0.1, 0.15) is 31.6 Å². The lowest BCUT2D eigenvalue weighted by molar-refractivity contribution is 0.479. The number of hydrogen-bond donors (Lipinski definition) is 1. The molecule has 3 nitrogen and oxygen atoms in total. The normalized spacial score (nSPS) is 12.3. The van der Waals surface area contributed by atoms with E-state index in [-0.39, 0.29) is 0 Å². The zero-order valence-corrected chi connectivity index (χ0v) is 13.5. The van der Waals surface area contributed by atoms with Gasteiger partial charge in [-0.2, -0.15) is 0 Å². The molecule has 0 aliphatic heterocycles. The van der Waals surface area contributed by atoms with Crippen molar-refractivity contribution in [3.05, 3.63) is 14.7 Å². The van der Waals surface area contributed by atoms with Gasteiger partial charge in [0.25, 0.3) is 0 Å². The molecule has 98 valence electrons. The van der Waals surface area contributed by atoms with E-state index in [0.717, 1.165) is 21.5 Å². The summed E-state index contributed by atoms with van der Waals surface area (Å²) in [6.07, 6.45) is 1.98. The first-order valence-electron chi connectivity index (χ1n) is 5.66. The Morgan fingerprint density at radius 2 is 2.00 bits per heavy atom. The Morgan fingerprint density at radius 1 is 1.41 bits per heavy atom. The summed E-state index contributed by atoms with van der Waals surface area (Å²) >= 11 is 4.75. The second-order valence-electron chi connectivity index (χ2n) is 4.01. The monoisotopic (exact) mass is 339 g/mol. The molecule has 1 rings (SSSR count). The second kappa shape index (κ2) is 6.31. The van der Waals surface area contributed by atoms with Crippen LogP contribution >= 0.6 is 27.3 Å². The highest BCUT2D eigenvalue weighted by Gasteiger charge is 2.20. The molecule has 0 unspecified atom stereocenters. The van der Waals surface area contributed by atoms with E-state index in [4.69, 9.17) is 0 Å². The molecule has 17 heavy (non-hydrogen) atoms. The molecule has 0 radical (unpaired) electrons. The predicted molar refractivity (Wildman–Crippen MR) is 76.0 cm³/mol. The van der Waals surface area contributed by atoms with Gasteiger partial charge in [-0.05, 0) is 34.8 Å². The Labute approximate surface area is 116 Å². The van der Waals surface area contributed by atoms with Gasteiger partial charge in [-0.15, -0.1) is 11.3 Å². The predicted octanol–water partition coefficient (Wildman–Crippen LogP) is 3.53. The fourth-order valence-electron chi connectivity index (χ4n) is 1.58. The Kier molecular flexibility index (Phi) is 5.63. The molecule has 0 spiro atoms. The fourth-order valence-corrected chi connectivity index (χ4v) is 5.11. The standard InChI is InChI=1S/C11H18BrNO2S2/c1-4-9(5-2)7-13-17(14,15)10-6-11(12)16-8(10)3/h6,9,13H,4-5,7H2,1-3H3. The molecule has 1 heterocycles. The molecule has 0 aromatic carbocycles. The highest BCUT2D eigenvalue weighted by atomic mass is 79.9. The maximum absolute atomic E-state index is 12.1. The summed E-state index contributed by atoms with van der Waals surface area (Å²) in [5.74, 6) is 0.409. The number of aryl methyl sites for hydroxylation is 1. The van der Waals surface area contributed by atoms with Gasteiger partial charge < -0.3 is 0 Å². The molecule has 1 N–H and O–H groups in total. The molecule has 0 atom stereocenters. The van der Waals surface area contributed by atoms with Crippen molar-refractivity contribution in [1.82, 2.24) is 4.72 Å². The maximum Gasteiger partial charge on any atom is 0.241 e. The van der Waals surface area contributed by atoms with Gasteiger partial charge >= 0.3 is 0 Å². The number of halogens is 1. The van der Waals surface area contributed by atoms with E-state index in [9.17, 15) is 8.42 Å². The van der Waals surface area contributed by atoms with E-state index >= 15 is 0 Å². The minimum Gasteiger partial charge on any atom is -0.211 e. The van der Waals surface area contributed by atoms with Crippen LogP contribution in [0.5, 0.6) is 0 Å². The number of rotatable bonds is 6. The number of sulfonamides is 1. The van der Waals surface area contributed by atoms with E-state index in [1.54, 1.807) is 6.07 Å². The van der Waals surface area contributed by atoms with Gasteiger partial charge in [-0.1, -0.05) is 26.7 Å². The molecule has 0 aliphatic carbocycles. The van der Waals surface area contributed by atoms with Crippen LogP contribution in [-0.2, 0) is 10.0 Å². The average molecular weight is 340 g/mol. The SMILES string of the molecule is CCC(CC)CNS(=O)(=O)c1cc(Br)sc1C. The molecular weight excluding hydrogens is 322 g/mol. The van der Waals surface area contributed by atoms with E-state index < -0.39 is 10.0 Å². The highest BCUT2D eigenvalue weighted by Crippen LogP contribution is 2.29. The molecular formula is C11H18BrNO2S2. The summed E-state index contributed by atoms with van der Waals surface area (Å²) in [6.45, 7) is 6.49. The molecule has 0 aliphatic rings. The van der Waals surface area contributed by atoms with Crippen molar-refractivity contribution in [2.75, 3.05) is 6.54 Å². The highest BCUT2D eigenvalue weighted by molar-refractivity contribution is 9.11. The average Bonchev–Trinajstić information content (AvgIpc) is 2.60. The third-order valence-corrected chi connectivity index (χ3v) is 6.08. The van der Waals surface area contributed by atoms with Crippen molar-refractivity contribution in [3.8, 4) is 0 Å². The van der Waals surface area contributed by atoms with Crippen LogP contribution in [0.15, 0.2) is 14.7 Å². The van der Waals surface area contributed by atoms with Crippen LogP contribution in [0.4, 0.5) is 0 Å². The van der Waals surface area contributed by atoms with Crippen molar-refractivity contribution >= 4 is 37.3 Å². The van der Waals surface area contributed by atoms with Crippen molar-refractivity contribution in [2.24, 2.45) is 5.92 Å². The summed E-state index contributed by atoms with van der Waals surface area (Å²) in [5, 5.41) is 0. The first-order valence-corrected chi connectivity index (χ1v) is 8.75. The van der Waals surface area contributed by atoms with E-state index in [1.807, 2.05) is 6.92 Å². The van der Waals surface area contributed by atoms with Crippen molar-refractivity contribution in [2.45, 2.75) is 38.5 Å². The fraction of sp³-hybridized carbons (Fsp3) is 0.636. The minimum absolute atomic E-state index is 0.389. The van der Waals surface area contributed by atoms with Gasteiger partial charge in [0.15, 0.2) is 0 Å². The lowest BCUT2D eigenvalue weighted by Crippen LogP contribution is -2.29. The van der Waals surface area contributed by atoms with E-state index in [1.165, 1.54) is 11.3 Å². The number of nitrogens with one attached hydrogen (secondary N) is 1. The van der Waals surface area contributed by atoms with Gasteiger partial charge in [0.2, 0.25) is 10.0 Å². The van der Waals surface area contributed by atoms with Gasteiger partial charge in [0.05, 0.1) is 8.68 Å². The summed E-state index contributed by atoms with van der Waals surface area (Å²) in [4.78, 5) is 1.20. The molecule has 0 saturated carbocycles. The summed E-state index contributed by atoms with van der Waals surface area (Å²) in [6, 6.07) is 1.66. The first kappa shape index (κ1) is 15.1. The van der Waals surface area contributed by atoms with Crippen LogP contribution in [0, 0.1) is 12.8 Å². The smallest absolute Gasteiger partial charge is 0.211 e. The van der Waals surface area contributed by atoms with E-state index in [2.05, 4.69) is 34.5 Å². The molecule has 6 heteroatoms. The first-order chi connectivity index (χ1) is 7.90. The van der Waals surface area contributed by atoms with Crippen LogP contribution in [-0.4, -0.2) is 15.0 Å². The van der Waals surface area contributed by atoms with E-state index in [0.29, 0.717) is 17.4 Å². The van der Waals surface area contributed by atoms with Gasteiger partial charge in [0.1, 0.15) is 0 Å². The number of hydrogen-bond acceptors (Lipinski definition) is 3. The molecule has 1 aromatic heterocycles. The molecule has 0 fully saturated rings. The Morgan fingerprint density at radius 3 is 2.41 bits per heavy atom. The lowest BCUT2D eigenvalue weighted by atomic mass is 10.0. The third kappa shape index (κ3) is 4.05. The number of thiophene rings is 1. The molecule has 0 amide bonds. The summed E-state index contributed by atoms with van der Waals surface area (Å²) in [5.41, 5.74) is 0. The lowest BCUT2D eigenvalue weighted by Gasteiger charge is -2.13. The molecule has 0 saturated heterocycles. The third-order valence-electron chi connectivity index (χ3n) is 2.85. The Hall–Kier alpha value is 0.0900. The maximum atomic E-state index is 12.1. The van der Waals surface area contributed by atoms with Gasteiger partial charge in [-0.25, -0.2) is 13.1 Å².